The highest BCUT2D eigenvalue weighted by atomic mass is 16.2. The van der Waals surface area contributed by atoms with Crippen LogP contribution in [0.15, 0.2) is 0 Å². The molecule has 17 heavy (non-hydrogen) atoms. The Morgan fingerprint density at radius 2 is 1.82 bits per heavy atom. The first-order valence-corrected chi connectivity index (χ1v) is 7.01. The lowest BCUT2D eigenvalue weighted by atomic mass is 10.1. The summed E-state index contributed by atoms with van der Waals surface area (Å²) in [6.45, 7) is 8.88. The lowest BCUT2D eigenvalue weighted by molar-refractivity contribution is -0.122. The minimum absolute atomic E-state index is 0.156. The van der Waals surface area contributed by atoms with E-state index in [0.717, 1.165) is 19.5 Å². The minimum Gasteiger partial charge on any atom is -0.355 e. The van der Waals surface area contributed by atoms with E-state index >= 15 is 0 Å². The quantitative estimate of drug-likeness (QED) is 0.597. The summed E-state index contributed by atoms with van der Waals surface area (Å²) in [6, 6.07) is 0. The molecule has 0 bridgehead atoms. The summed E-state index contributed by atoms with van der Waals surface area (Å²) in [5, 5.41) is 2.98. The molecule has 0 aliphatic heterocycles. The molecule has 0 radical (unpaired) electrons. The third-order valence-corrected chi connectivity index (χ3v) is 2.69. The van der Waals surface area contributed by atoms with Crippen LogP contribution in [0.1, 0.15) is 52.9 Å². The van der Waals surface area contributed by atoms with E-state index in [1.165, 1.54) is 25.7 Å². The normalized spacial score (nSPS) is 11.2. The molecule has 0 aromatic carbocycles. The number of unbranched alkanes of at least 4 members (excludes halogenated alkanes) is 4. The van der Waals surface area contributed by atoms with Gasteiger partial charge < -0.3 is 5.32 Å². The molecule has 0 unspecified atom stereocenters. The summed E-state index contributed by atoms with van der Waals surface area (Å²) in [4.78, 5) is 13.7. The number of likely N-dealkylation sites (N-methyl/N-ethyl adjacent to an activating group) is 1. The number of hydrogen-bond acceptors (Lipinski definition) is 2. The molecule has 0 heterocycles. The van der Waals surface area contributed by atoms with Gasteiger partial charge in [-0.2, -0.15) is 0 Å². The molecule has 3 nitrogen and oxygen atoms in total. The van der Waals surface area contributed by atoms with E-state index in [9.17, 15) is 4.79 Å². The second kappa shape index (κ2) is 10.6. The molecule has 0 aliphatic carbocycles. The Bertz CT molecular complexity index is 193. The van der Waals surface area contributed by atoms with Gasteiger partial charge in [-0.05, 0) is 19.4 Å². The van der Waals surface area contributed by atoms with Gasteiger partial charge in [0.05, 0.1) is 6.54 Å². The molecule has 0 saturated carbocycles. The molecule has 1 N–H and O–H groups in total. The standard InChI is InChI=1S/C14H30N2O/c1-5-6-7-8-9-10-15-14(17)12-16(4)11-13(2)3/h13H,5-12H2,1-4H3,(H,15,17). The van der Waals surface area contributed by atoms with Crippen molar-refractivity contribution in [3.8, 4) is 0 Å². The van der Waals surface area contributed by atoms with Crippen LogP contribution in [0.3, 0.4) is 0 Å². The van der Waals surface area contributed by atoms with Crippen LogP contribution in [-0.2, 0) is 4.79 Å². The summed E-state index contributed by atoms with van der Waals surface area (Å²) in [7, 11) is 2.00. The lowest BCUT2D eigenvalue weighted by Gasteiger charge is -2.18. The molecule has 0 spiro atoms. The van der Waals surface area contributed by atoms with E-state index in [2.05, 4.69) is 31.0 Å². The Morgan fingerprint density at radius 3 is 2.41 bits per heavy atom. The van der Waals surface area contributed by atoms with Gasteiger partial charge >= 0.3 is 0 Å². The van der Waals surface area contributed by atoms with Gasteiger partial charge in [-0.3, -0.25) is 9.69 Å². The number of nitrogens with zero attached hydrogens (tertiary/aromatic N) is 1. The van der Waals surface area contributed by atoms with Gasteiger partial charge in [0, 0.05) is 13.1 Å². The molecule has 0 rings (SSSR count). The van der Waals surface area contributed by atoms with Crippen molar-refractivity contribution in [3.05, 3.63) is 0 Å². The Morgan fingerprint density at radius 1 is 1.18 bits per heavy atom. The summed E-state index contributed by atoms with van der Waals surface area (Å²) in [5.74, 6) is 0.769. The van der Waals surface area contributed by atoms with Gasteiger partial charge in [-0.15, -0.1) is 0 Å². The van der Waals surface area contributed by atoms with E-state index in [1.54, 1.807) is 0 Å². The van der Waals surface area contributed by atoms with Crippen molar-refractivity contribution in [2.45, 2.75) is 52.9 Å². The van der Waals surface area contributed by atoms with Gasteiger partial charge in [0.15, 0.2) is 0 Å². The number of hydrogen-bond donors (Lipinski definition) is 1. The number of nitrogens with one attached hydrogen (secondary N) is 1. The SMILES string of the molecule is CCCCCCCNC(=O)CN(C)CC(C)C. The molecule has 102 valence electrons. The second-order valence-corrected chi connectivity index (χ2v) is 5.35. The molecule has 0 saturated heterocycles. The van der Waals surface area contributed by atoms with Crippen LogP contribution in [0.25, 0.3) is 0 Å². The molecule has 0 aromatic rings. The highest BCUT2D eigenvalue weighted by molar-refractivity contribution is 5.77. The van der Waals surface area contributed by atoms with Gasteiger partial charge in [0.25, 0.3) is 0 Å². The van der Waals surface area contributed by atoms with Crippen molar-refractivity contribution in [1.82, 2.24) is 10.2 Å². The number of carbonyl (C=O) groups excluding carboxylic acids is 1. The molecule has 0 aliphatic rings. The fourth-order valence-electron chi connectivity index (χ4n) is 1.95. The predicted molar refractivity (Wildman–Crippen MR) is 74.1 cm³/mol. The average Bonchev–Trinajstić information content (AvgIpc) is 2.21. The Kier molecular flexibility index (Phi) is 10.2. The van der Waals surface area contributed by atoms with Crippen LogP contribution >= 0.6 is 0 Å². The zero-order valence-electron chi connectivity index (χ0n) is 12.1. The third kappa shape index (κ3) is 11.7. The minimum atomic E-state index is 0.156. The molecule has 3 heteroatoms. The second-order valence-electron chi connectivity index (χ2n) is 5.35. The van der Waals surface area contributed by atoms with Crippen molar-refractivity contribution in [1.29, 1.82) is 0 Å². The highest BCUT2D eigenvalue weighted by Crippen LogP contribution is 2.01. The van der Waals surface area contributed by atoms with Gasteiger partial charge in [-0.25, -0.2) is 0 Å². The molecule has 1 amide bonds. The summed E-state index contributed by atoms with van der Waals surface area (Å²) >= 11 is 0. The maximum atomic E-state index is 11.6. The summed E-state index contributed by atoms with van der Waals surface area (Å²) in [5.41, 5.74) is 0. The van der Waals surface area contributed by atoms with E-state index < -0.39 is 0 Å². The maximum absolute atomic E-state index is 11.6. The van der Waals surface area contributed by atoms with Crippen molar-refractivity contribution >= 4 is 5.91 Å². The van der Waals surface area contributed by atoms with Crippen LogP contribution in [0.2, 0.25) is 0 Å². The fraction of sp³-hybridized carbons (Fsp3) is 0.929. The summed E-state index contributed by atoms with van der Waals surface area (Å²) < 4.78 is 0. The van der Waals surface area contributed by atoms with Crippen molar-refractivity contribution < 1.29 is 4.79 Å². The summed E-state index contributed by atoms with van der Waals surface area (Å²) in [6.07, 6.45) is 6.21. The van der Waals surface area contributed by atoms with Crippen molar-refractivity contribution in [2.75, 3.05) is 26.7 Å². The zero-order chi connectivity index (χ0) is 13.1. The van der Waals surface area contributed by atoms with E-state index in [4.69, 9.17) is 0 Å². The third-order valence-electron chi connectivity index (χ3n) is 2.69. The van der Waals surface area contributed by atoms with Crippen LogP contribution in [-0.4, -0.2) is 37.5 Å². The van der Waals surface area contributed by atoms with Gasteiger partial charge in [0.1, 0.15) is 0 Å². The van der Waals surface area contributed by atoms with Crippen LogP contribution in [0.4, 0.5) is 0 Å². The van der Waals surface area contributed by atoms with Gasteiger partial charge in [0.2, 0.25) is 5.91 Å². The van der Waals surface area contributed by atoms with Gasteiger partial charge in [-0.1, -0.05) is 46.5 Å². The average molecular weight is 242 g/mol. The smallest absolute Gasteiger partial charge is 0.234 e. The predicted octanol–water partition coefficient (Wildman–Crippen LogP) is 2.66. The fourth-order valence-corrected chi connectivity index (χ4v) is 1.95. The van der Waals surface area contributed by atoms with Crippen LogP contribution in [0.5, 0.6) is 0 Å². The van der Waals surface area contributed by atoms with Crippen molar-refractivity contribution in [3.63, 3.8) is 0 Å². The first kappa shape index (κ1) is 16.4. The first-order chi connectivity index (χ1) is 8.06. The number of rotatable bonds is 10. The van der Waals surface area contributed by atoms with E-state index in [-0.39, 0.29) is 5.91 Å². The topological polar surface area (TPSA) is 32.3 Å². The zero-order valence-corrected chi connectivity index (χ0v) is 12.1. The number of amides is 1. The maximum Gasteiger partial charge on any atom is 0.234 e. The number of carbonyl (C=O) groups is 1. The largest absolute Gasteiger partial charge is 0.355 e. The van der Waals surface area contributed by atoms with Crippen molar-refractivity contribution in [2.24, 2.45) is 5.92 Å². The molecule has 0 atom stereocenters. The first-order valence-electron chi connectivity index (χ1n) is 7.01. The Labute approximate surface area is 107 Å². The molecule has 0 aromatic heterocycles. The molecule has 0 fully saturated rings. The van der Waals surface area contributed by atoms with Crippen LogP contribution < -0.4 is 5.32 Å². The Balaban J connectivity index is 3.40. The molecular formula is C14H30N2O. The van der Waals surface area contributed by atoms with E-state index in [1.807, 2.05) is 7.05 Å². The van der Waals surface area contributed by atoms with Crippen LogP contribution in [0, 0.1) is 5.92 Å². The Hall–Kier alpha value is -0.570. The highest BCUT2D eigenvalue weighted by Gasteiger charge is 2.06. The lowest BCUT2D eigenvalue weighted by Crippen LogP contribution is -2.37. The molecular weight excluding hydrogens is 212 g/mol. The van der Waals surface area contributed by atoms with E-state index in [0.29, 0.717) is 12.5 Å². The monoisotopic (exact) mass is 242 g/mol.